The van der Waals surface area contributed by atoms with Gasteiger partial charge in [-0.25, -0.2) is 0 Å². The van der Waals surface area contributed by atoms with Crippen LogP contribution in [0.3, 0.4) is 0 Å². The zero-order valence-corrected chi connectivity index (χ0v) is 11.3. The van der Waals surface area contributed by atoms with Crippen LogP contribution < -0.4 is 5.32 Å². The van der Waals surface area contributed by atoms with E-state index in [2.05, 4.69) is 31.1 Å². The first-order valence-electron chi connectivity index (χ1n) is 6.96. The Morgan fingerprint density at radius 2 is 1.94 bits per heavy atom. The summed E-state index contributed by atoms with van der Waals surface area (Å²) < 4.78 is 0. The van der Waals surface area contributed by atoms with Crippen molar-refractivity contribution in [3.8, 4) is 0 Å². The summed E-state index contributed by atoms with van der Waals surface area (Å²) in [6.07, 6.45) is 5.69. The molecule has 0 radical (unpaired) electrons. The standard InChI is InChI=1S/C14H28N2/c1-14(2)9-13(10-15-11-14)12-5-4-7-16(3)8-6-12/h12-13,15H,4-11H2,1-3H3. The average Bonchev–Trinajstić information content (AvgIpc) is 2.41. The van der Waals surface area contributed by atoms with E-state index in [1.807, 2.05) is 0 Å². The Bertz CT molecular complexity index is 225. The highest BCUT2D eigenvalue weighted by atomic mass is 15.1. The van der Waals surface area contributed by atoms with Crippen LogP contribution >= 0.6 is 0 Å². The Morgan fingerprint density at radius 1 is 1.12 bits per heavy atom. The molecule has 2 rings (SSSR count). The zero-order valence-electron chi connectivity index (χ0n) is 11.3. The van der Waals surface area contributed by atoms with E-state index in [0.29, 0.717) is 5.41 Å². The first kappa shape index (κ1) is 12.4. The minimum atomic E-state index is 0.515. The van der Waals surface area contributed by atoms with E-state index in [0.717, 1.165) is 11.8 Å². The van der Waals surface area contributed by atoms with Crippen molar-refractivity contribution in [1.82, 2.24) is 10.2 Å². The Labute approximate surface area is 101 Å². The van der Waals surface area contributed by atoms with Gasteiger partial charge in [0.2, 0.25) is 0 Å². The summed E-state index contributed by atoms with van der Waals surface area (Å²) >= 11 is 0. The molecular formula is C14H28N2. The number of rotatable bonds is 1. The van der Waals surface area contributed by atoms with E-state index in [-0.39, 0.29) is 0 Å². The van der Waals surface area contributed by atoms with Gasteiger partial charge in [0.1, 0.15) is 0 Å². The van der Waals surface area contributed by atoms with E-state index in [9.17, 15) is 0 Å². The van der Waals surface area contributed by atoms with Gasteiger partial charge in [-0.2, -0.15) is 0 Å². The van der Waals surface area contributed by atoms with Gasteiger partial charge in [-0.3, -0.25) is 0 Å². The van der Waals surface area contributed by atoms with Gasteiger partial charge >= 0.3 is 0 Å². The molecule has 0 saturated carbocycles. The summed E-state index contributed by atoms with van der Waals surface area (Å²) in [5.74, 6) is 1.90. The maximum Gasteiger partial charge on any atom is 0.000275 e. The van der Waals surface area contributed by atoms with E-state index >= 15 is 0 Å². The van der Waals surface area contributed by atoms with Crippen molar-refractivity contribution < 1.29 is 0 Å². The summed E-state index contributed by atoms with van der Waals surface area (Å²) in [7, 11) is 2.27. The number of nitrogens with one attached hydrogen (secondary N) is 1. The molecule has 2 heterocycles. The highest BCUT2D eigenvalue weighted by Gasteiger charge is 2.32. The Kier molecular flexibility index (Phi) is 3.91. The zero-order chi connectivity index (χ0) is 11.6. The largest absolute Gasteiger partial charge is 0.316 e. The Hall–Kier alpha value is -0.0800. The van der Waals surface area contributed by atoms with Gasteiger partial charge in [0.15, 0.2) is 0 Å². The molecule has 0 aromatic heterocycles. The van der Waals surface area contributed by atoms with Crippen LogP contribution in [0.4, 0.5) is 0 Å². The molecule has 1 N–H and O–H groups in total. The average molecular weight is 224 g/mol. The van der Waals surface area contributed by atoms with Gasteiger partial charge in [0.05, 0.1) is 0 Å². The normalized spacial score (nSPS) is 36.9. The molecule has 2 aliphatic heterocycles. The molecule has 0 aliphatic carbocycles. The van der Waals surface area contributed by atoms with Crippen LogP contribution in [0.2, 0.25) is 0 Å². The predicted octanol–water partition coefficient (Wildman–Crippen LogP) is 2.35. The molecular weight excluding hydrogens is 196 g/mol. The molecule has 0 aromatic rings. The highest BCUT2D eigenvalue weighted by Crippen LogP contribution is 2.36. The second-order valence-electron chi connectivity index (χ2n) is 6.75. The van der Waals surface area contributed by atoms with Crippen molar-refractivity contribution in [2.24, 2.45) is 17.3 Å². The summed E-state index contributed by atoms with van der Waals surface area (Å²) in [5.41, 5.74) is 0.515. The fourth-order valence-corrected chi connectivity index (χ4v) is 3.52. The lowest BCUT2D eigenvalue weighted by atomic mass is 9.72. The lowest BCUT2D eigenvalue weighted by molar-refractivity contribution is 0.142. The molecule has 2 nitrogen and oxygen atoms in total. The minimum Gasteiger partial charge on any atom is -0.316 e. The summed E-state index contributed by atoms with van der Waals surface area (Å²) in [5, 5.41) is 3.64. The van der Waals surface area contributed by atoms with Gasteiger partial charge in [-0.15, -0.1) is 0 Å². The second-order valence-corrected chi connectivity index (χ2v) is 6.75. The number of nitrogens with zero attached hydrogens (tertiary/aromatic N) is 1. The molecule has 16 heavy (non-hydrogen) atoms. The van der Waals surface area contributed by atoms with Crippen molar-refractivity contribution in [3.63, 3.8) is 0 Å². The van der Waals surface area contributed by atoms with Crippen LogP contribution in [0.1, 0.15) is 39.5 Å². The van der Waals surface area contributed by atoms with Crippen LogP contribution in [-0.4, -0.2) is 38.1 Å². The minimum absolute atomic E-state index is 0.515. The summed E-state index contributed by atoms with van der Waals surface area (Å²) in [6, 6.07) is 0. The topological polar surface area (TPSA) is 15.3 Å². The summed E-state index contributed by atoms with van der Waals surface area (Å²) in [4.78, 5) is 2.50. The molecule has 0 amide bonds. The Morgan fingerprint density at radius 3 is 2.69 bits per heavy atom. The van der Waals surface area contributed by atoms with Crippen LogP contribution in [-0.2, 0) is 0 Å². The number of hydrogen-bond acceptors (Lipinski definition) is 2. The Balaban J connectivity index is 1.91. The van der Waals surface area contributed by atoms with E-state index in [1.54, 1.807) is 0 Å². The molecule has 94 valence electrons. The van der Waals surface area contributed by atoms with Crippen molar-refractivity contribution in [3.05, 3.63) is 0 Å². The van der Waals surface area contributed by atoms with E-state index < -0.39 is 0 Å². The quantitative estimate of drug-likeness (QED) is 0.735. The molecule has 0 aromatic carbocycles. The molecule has 0 bridgehead atoms. The molecule has 2 fully saturated rings. The fraction of sp³-hybridized carbons (Fsp3) is 1.00. The monoisotopic (exact) mass is 224 g/mol. The lowest BCUT2D eigenvalue weighted by Crippen LogP contribution is -2.43. The summed E-state index contributed by atoms with van der Waals surface area (Å²) in [6.45, 7) is 9.90. The van der Waals surface area contributed by atoms with Gasteiger partial charge in [0.25, 0.3) is 0 Å². The second kappa shape index (κ2) is 5.05. The molecule has 0 spiro atoms. The molecule has 2 unspecified atom stereocenters. The third-order valence-corrected chi connectivity index (χ3v) is 4.49. The smallest absolute Gasteiger partial charge is 0.000275 e. The van der Waals surface area contributed by atoms with Crippen molar-refractivity contribution in [1.29, 1.82) is 0 Å². The van der Waals surface area contributed by atoms with Crippen LogP contribution in [0.5, 0.6) is 0 Å². The van der Waals surface area contributed by atoms with E-state index in [1.165, 1.54) is 51.9 Å². The maximum absolute atomic E-state index is 3.64. The van der Waals surface area contributed by atoms with Crippen LogP contribution in [0, 0.1) is 17.3 Å². The first-order valence-corrected chi connectivity index (χ1v) is 6.96. The lowest BCUT2D eigenvalue weighted by Gasteiger charge is -2.39. The van der Waals surface area contributed by atoms with Gasteiger partial charge in [-0.05, 0) is 69.6 Å². The number of piperidine rings is 1. The molecule has 2 saturated heterocycles. The fourth-order valence-electron chi connectivity index (χ4n) is 3.52. The maximum atomic E-state index is 3.64. The van der Waals surface area contributed by atoms with Gasteiger partial charge in [-0.1, -0.05) is 13.8 Å². The van der Waals surface area contributed by atoms with Gasteiger partial charge < -0.3 is 10.2 Å². The highest BCUT2D eigenvalue weighted by molar-refractivity contribution is 4.86. The molecule has 2 aliphatic rings. The van der Waals surface area contributed by atoms with Crippen molar-refractivity contribution >= 4 is 0 Å². The third kappa shape index (κ3) is 3.21. The van der Waals surface area contributed by atoms with Crippen LogP contribution in [0.15, 0.2) is 0 Å². The number of hydrogen-bond donors (Lipinski definition) is 1. The molecule has 2 heteroatoms. The predicted molar refractivity (Wildman–Crippen MR) is 69.6 cm³/mol. The van der Waals surface area contributed by atoms with Crippen molar-refractivity contribution in [2.45, 2.75) is 39.5 Å². The van der Waals surface area contributed by atoms with E-state index in [4.69, 9.17) is 0 Å². The number of likely N-dealkylation sites (tertiary alicyclic amines) is 1. The first-order chi connectivity index (χ1) is 7.57. The van der Waals surface area contributed by atoms with Crippen molar-refractivity contribution in [2.75, 3.05) is 33.2 Å². The third-order valence-electron chi connectivity index (χ3n) is 4.49. The molecule has 2 atom stereocenters. The van der Waals surface area contributed by atoms with Crippen LogP contribution in [0.25, 0.3) is 0 Å². The SMILES string of the molecule is CN1CCCC(C2CNCC(C)(C)C2)CC1. The van der Waals surface area contributed by atoms with Gasteiger partial charge in [0, 0.05) is 6.54 Å².